The lowest BCUT2D eigenvalue weighted by atomic mass is 10.1. The van der Waals surface area contributed by atoms with Gasteiger partial charge in [-0.25, -0.2) is 4.98 Å². The maximum atomic E-state index is 11.8. The summed E-state index contributed by atoms with van der Waals surface area (Å²) in [4.78, 5) is 27.7. The van der Waals surface area contributed by atoms with E-state index in [1.807, 2.05) is 0 Å². The molecule has 0 spiro atoms. The second-order valence-electron chi connectivity index (χ2n) is 6.64. The fourth-order valence-corrected chi connectivity index (χ4v) is 3.87. The molecule has 0 radical (unpaired) electrons. The van der Waals surface area contributed by atoms with Crippen molar-refractivity contribution in [2.24, 2.45) is 23.5 Å². The van der Waals surface area contributed by atoms with Gasteiger partial charge in [-0.3, -0.25) is 9.59 Å². The number of rotatable bonds is 5. The van der Waals surface area contributed by atoms with Gasteiger partial charge in [-0.1, -0.05) is 6.92 Å². The summed E-state index contributed by atoms with van der Waals surface area (Å²) in [6, 6.07) is 5.16. The smallest absolute Gasteiger partial charge is 0.252 e. The lowest BCUT2D eigenvalue weighted by molar-refractivity contribution is -0.121. The molecule has 2 unspecified atom stereocenters. The van der Waals surface area contributed by atoms with Crippen LogP contribution < -0.4 is 20.5 Å². The summed E-state index contributed by atoms with van der Waals surface area (Å²) in [5, 5.41) is 4.49. The Labute approximate surface area is 144 Å². The summed E-state index contributed by atoms with van der Waals surface area (Å²) >= 11 is 0. The molecule has 130 valence electrons. The van der Waals surface area contributed by atoms with Crippen LogP contribution in [-0.2, 0) is 4.79 Å². The SMILES string of the molecule is COc1cc2c(OC[C@H]3NC(=O)[C@@H]4C(C)C43)nccc2cc1C(N)=O. The molecule has 2 aromatic rings. The van der Waals surface area contributed by atoms with Gasteiger partial charge in [0.15, 0.2) is 0 Å². The second-order valence-corrected chi connectivity index (χ2v) is 6.64. The number of hydrogen-bond donors (Lipinski definition) is 2. The molecular formula is C18H19N3O4. The van der Waals surface area contributed by atoms with Crippen molar-refractivity contribution in [2.45, 2.75) is 13.0 Å². The van der Waals surface area contributed by atoms with E-state index in [9.17, 15) is 9.59 Å². The third kappa shape index (κ3) is 2.47. The Bertz CT molecular complexity index is 882. The Morgan fingerprint density at radius 2 is 2.20 bits per heavy atom. The van der Waals surface area contributed by atoms with Crippen LogP contribution in [0, 0.1) is 17.8 Å². The predicted octanol–water partition coefficient (Wildman–Crippen LogP) is 1.10. The first-order valence-electron chi connectivity index (χ1n) is 8.21. The molecule has 0 bridgehead atoms. The topological polar surface area (TPSA) is 104 Å². The summed E-state index contributed by atoms with van der Waals surface area (Å²) < 4.78 is 11.2. The van der Waals surface area contributed by atoms with Crippen LogP contribution in [0.25, 0.3) is 10.8 Å². The third-order valence-electron chi connectivity index (χ3n) is 5.26. The first-order valence-corrected chi connectivity index (χ1v) is 8.21. The molecule has 4 atom stereocenters. The zero-order valence-electron chi connectivity index (χ0n) is 14.0. The van der Waals surface area contributed by atoms with Gasteiger partial charge >= 0.3 is 0 Å². The largest absolute Gasteiger partial charge is 0.496 e. The van der Waals surface area contributed by atoms with E-state index in [0.717, 1.165) is 10.8 Å². The van der Waals surface area contributed by atoms with Gasteiger partial charge in [0.05, 0.1) is 18.7 Å². The average molecular weight is 341 g/mol. The fraction of sp³-hybridized carbons (Fsp3) is 0.389. The number of fused-ring (bicyclic) bond motifs is 2. The molecule has 2 fully saturated rings. The zero-order chi connectivity index (χ0) is 17.7. The van der Waals surface area contributed by atoms with Crippen molar-refractivity contribution in [3.05, 3.63) is 30.0 Å². The van der Waals surface area contributed by atoms with Crippen molar-refractivity contribution in [2.75, 3.05) is 13.7 Å². The first-order chi connectivity index (χ1) is 12.0. The summed E-state index contributed by atoms with van der Waals surface area (Å²) in [6.07, 6.45) is 1.62. The van der Waals surface area contributed by atoms with Gasteiger partial charge in [0.2, 0.25) is 11.8 Å². The minimum Gasteiger partial charge on any atom is -0.496 e. The Hall–Kier alpha value is -2.83. The van der Waals surface area contributed by atoms with Crippen LogP contribution in [0.2, 0.25) is 0 Å². The van der Waals surface area contributed by atoms with Crippen molar-refractivity contribution in [3.8, 4) is 11.6 Å². The Balaban J connectivity index is 1.61. The van der Waals surface area contributed by atoms with Crippen molar-refractivity contribution < 1.29 is 19.1 Å². The van der Waals surface area contributed by atoms with Crippen molar-refractivity contribution in [1.29, 1.82) is 0 Å². The van der Waals surface area contributed by atoms with Crippen LogP contribution in [0.5, 0.6) is 11.6 Å². The lowest BCUT2D eigenvalue weighted by Gasteiger charge is -2.16. The molecule has 1 aromatic heterocycles. The molecule has 2 aliphatic rings. The van der Waals surface area contributed by atoms with Crippen LogP contribution in [0.1, 0.15) is 17.3 Å². The lowest BCUT2D eigenvalue weighted by Crippen LogP contribution is -2.36. The highest BCUT2D eigenvalue weighted by Crippen LogP contribution is 2.52. The predicted molar refractivity (Wildman–Crippen MR) is 90.4 cm³/mol. The van der Waals surface area contributed by atoms with Crippen molar-refractivity contribution >= 4 is 22.6 Å². The highest BCUT2D eigenvalue weighted by molar-refractivity contribution is 6.01. The Morgan fingerprint density at radius 3 is 2.84 bits per heavy atom. The molecule has 1 saturated carbocycles. The molecule has 7 heteroatoms. The number of primary amides is 1. The van der Waals surface area contributed by atoms with Gasteiger partial charge in [0.25, 0.3) is 5.91 Å². The van der Waals surface area contributed by atoms with E-state index < -0.39 is 5.91 Å². The Morgan fingerprint density at radius 1 is 1.40 bits per heavy atom. The van der Waals surface area contributed by atoms with E-state index in [1.165, 1.54) is 7.11 Å². The molecule has 7 nitrogen and oxygen atoms in total. The monoisotopic (exact) mass is 341 g/mol. The number of piperidine rings is 1. The molecule has 2 amide bonds. The number of benzene rings is 1. The number of nitrogens with one attached hydrogen (secondary N) is 1. The molecule has 1 saturated heterocycles. The quantitative estimate of drug-likeness (QED) is 0.848. The number of methoxy groups -OCH3 is 1. The van der Waals surface area contributed by atoms with Crippen molar-refractivity contribution in [1.82, 2.24) is 10.3 Å². The maximum absolute atomic E-state index is 11.8. The summed E-state index contributed by atoms with van der Waals surface area (Å²) in [6.45, 7) is 2.46. The van der Waals surface area contributed by atoms with Crippen LogP contribution in [-0.4, -0.2) is 36.6 Å². The highest BCUT2D eigenvalue weighted by atomic mass is 16.5. The number of nitrogens with two attached hydrogens (primary N) is 1. The minimum atomic E-state index is -0.555. The number of hydrogen-bond acceptors (Lipinski definition) is 5. The van der Waals surface area contributed by atoms with Gasteiger partial charge in [-0.05, 0) is 35.4 Å². The number of amides is 2. The maximum Gasteiger partial charge on any atom is 0.252 e. The first kappa shape index (κ1) is 15.7. The number of aromatic nitrogens is 1. The van der Waals surface area contributed by atoms with Crippen LogP contribution >= 0.6 is 0 Å². The van der Waals surface area contributed by atoms with Crippen LogP contribution in [0.15, 0.2) is 24.4 Å². The highest BCUT2D eigenvalue weighted by Gasteiger charge is 2.61. The van der Waals surface area contributed by atoms with Crippen LogP contribution in [0.4, 0.5) is 0 Å². The zero-order valence-corrected chi connectivity index (χ0v) is 14.0. The van der Waals surface area contributed by atoms with Gasteiger partial charge in [-0.15, -0.1) is 0 Å². The molecule has 1 aliphatic carbocycles. The van der Waals surface area contributed by atoms with E-state index >= 15 is 0 Å². The Kier molecular flexibility index (Phi) is 3.52. The number of ether oxygens (including phenoxy) is 2. The van der Waals surface area contributed by atoms with E-state index in [-0.39, 0.29) is 17.9 Å². The fourth-order valence-electron chi connectivity index (χ4n) is 3.87. The molecular weight excluding hydrogens is 322 g/mol. The van der Waals surface area contributed by atoms with Gasteiger partial charge in [-0.2, -0.15) is 0 Å². The standard InChI is InChI=1S/C18H19N3O4/c1-8-14-12(21-17(23)15(8)14)7-25-18-10-6-13(24-2)11(16(19)22)5-9(10)3-4-20-18/h3-6,8,12,14-15H,7H2,1-2H3,(H2,19,22)(H,21,23)/t8?,12-,14?,15-/m1/s1. The average Bonchev–Trinajstić information content (AvgIpc) is 3.15. The second kappa shape index (κ2) is 5.61. The molecule has 25 heavy (non-hydrogen) atoms. The normalized spacial score (nSPS) is 26.9. The van der Waals surface area contributed by atoms with E-state index in [2.05, 4.69) is 17.2 Å². The van der Waals surface area contributed by atoms with E-state index in [1.54, 1.807) is 24.4 Å². The molecule has 4 rings (SSSR count). The molecule has 2 heterocycles. The third-order valence-corrected chi connectivity index (χ3v) is 5.26. The number of carbonyl (C=O) groups is 2. The van der Waals surface area contributed by atoms with Gasteiger partial charge < -0.3 is 20.5 Å². The summed E-state index contributed by atoms with van der Waals surface area (Å²) in [7, 11) is 1.48. The molecule has 1 aliphatic heterocycles. The number of pyridine rings is 1. The van der Waals surface area contributed by atoms with Crippen molar-refractivity contribution in [3.63, 3.8) is 0 Å². The van der Waals surface area contributed by atoms with Gasteiger partial charge in [0.1, 0.15) is 12.4 Å². The van der Waals surface area contributed by atoms with E-state index in [0.29, 0.717) is 35.6 Å². The molecule has 1 aromatic carbocycles. The summed E-state index contributed by atoms with van der Waals surface area (Å²) in [5.74, 6) is 1.28. The van der Waals surface area contributed by atoms with E-state index in [4.69, 9.17) is 15.2 Å². The van der Waals surface area contributed by atoms with Gasteiger partial charge in [0, 0.05) is 17.5 Å². The number of carbonyl (C=O) groups excluding carboxylic acids is 2. The minimum absolute atomic E-state index is 0.0105. The molecule has 3 N–H and O–H groups in total. The summed E-state index contributed by atoms with van der Waals surface area (Å²) in [5.41, 5.74) is 5.71. The number of nitrogens with zero attached hydrogens (tertiary/aromatic N) is 1. The van der Waals surface area contributed by atoms with Crippen LogP contribution in [0.3, 0.4) is 0 Å².